The van der Waals surface area contributed by atoms with Gasteiger partial charge in [0.25, 0.3) is 0 Å². The van der Waals surface area contributed by atoms with E-state index in [-0.39, 0.29) is 5.69 Å². The van der Waals surface area contributed by atoms with Crippen LogP contribution in [0.2, 0.25) is 0 Å². The number of anilines is 2. The molecule has 2 heterocycles. The van der Waals surface area contributed by atoms with E-state index in [1.165, 1.54) is 23.9 Å². The standard InChI is InChI=1S/C21H22N6O/c22-16-12-7-13-17-18(16)24-19(23-14-8-3-1-4-9-14)20-25-27(21(28)26(17)20)15-10-5-2-6-11-15/h2,5-7,10-14H,1,3-4,8-9,22H2,(H,23,24). The van der Waals surface area contributed by atoms with E-state index in [0.717, 1.165) is 18.5 Å². The number of hydrogen-bond acceptors (Lipinski definition) is 5. The predicted octanol–water partition coefficient (Wildman–Crippen LogP) is 3.36. The number of hydrogen-bond donors (Lipinski definition) is 2. The van der Waals surface area contributed by atoms with Crippen LogP contribution < -0.4 is 16.7 Å². The SMILES string of the molecule is Nc1cccc2c1nc(NC1CCCCC1)c1nn(-c3ccccc3)c(=O)n12. The van der Waals surface area contributed by atoms with Crippen molar-refractivity contribution < 1.29 is 0 Å². The molecule has 4 aromatic rings. The fourth-order valence-corrected chi connectivity index (χ4v) is 4.03. The number of nitrogens with zero attached hydrogens (tertiary/aromatic N) is 4. The normalized spacial score (nSPS) is 15.3. The molecule has 2 aromatic carbocycles. The summed E-state index contributed by atoms with van der Waals surface area (Å²) in [6.07, 6.45) is 5.87. The van der Waals surface area contributed by atoms with Gasteiger partial charge in [-0.25, -0.2) is 14.2 Å². The van der Waals surface area contributed by atoms with Gasteiger partial charge in [-0.15, -0.1) is 5.10 Å². The lowest BCUT2D eigenvalue weighted by Crippen LogP contribution is -2.24. The maximum absolute atomic E-state index is 13.3. The third kappa shape index (κ3) is 2.70. The third-order valence-electron chi connectivity index (χ3n) is 5.45. The van der Waals surface area contributed by atoms with Crippen molar-refractivity contribution in [1.29, 1.82) is 0 Å². The van der Waals surface area contributed by atoms with Crippen LogP contribution in [-0.2, 0) is 0 Å². The third-order valence-corrected chi connectivity index (χ3v) is 5.45. The number of nitrogens with two attached hydrogens (primary N) is 1. The van der Waals surface area contributed by atoms with E-state index in [1.54, 1.807) is 10.5 Å². The Morgan fingerprint density at radius 1 is 1.00 bits per heavy atom. The average Bonchev–Trinajstić information content (AvgIpc) is 3.08. The van der Waals surface area contributed by atoms with E-state index in [1.807, 2.05) is 42.5 Å². The molecule has 2 aromatic heterocycles. The minimum atomic E-state index is -0.231. The summed E-state index contributed by atoms with van der Waals surface area (Å²) in [6, 6.07) is 15.3. The van der Waals surface area contributed by atoms with Crippen LogP contribution in [0.15, 0.2) is 53.3 Å². The minimum Gasteiger partial charge on any atom is -0.397 e. The summed E-state index contributed by atoms with van der Waals surface area (Å²) in [6.45, 7) is 0. The fourth-order valence-electron chi connectivity index (χ4n) is 4.03. The summed E-state index contributed by atoms with van der Waals surface area (Å²) in [5.41, 5.74) is 9.02. The molecule has 5 rings (SSSR count). The lowest BCUT2D eigenvalue weighted by atomic mass is 9.95. The van der Waals surface area contributed by atoms with Crippen LogP contribution in [0.5, 0.6) is 0 Å². The Morgan fingerprint density at radius 3 is 2.57 bits per heavy atom. The Morgan fingerprint density at radius 2 is 1.79 bits per heavy atom. The highest BCUT2D eigenvalue weighted by Crippen LogP contribution is 2.27. The molecule has 0 radical (unpaired) electrons. The number of rotatable bonds is 3. The molecule has 0 atom stereocenters. The zero-order chi connectivity index (χ0) is 19.1. The molecule has 0 amide bonds. The first-order chi connectivity index (χ1) is 13.7. The second-order valence-corrected chi connectivity index (χ2v) is 7.34. The van der Waals surface area contributed by atoms with Gasteiger partial charge in [-0.05, 0) is 37.1 Å². The molecular weight excluding hydrogens is 352 g/mol. The van der Waals surface area contributed by atoms with E-state index in [0.29, 0.717) is 34.2 Å². The smallest absolute Gasteiger partial charge is 0.355 e. The first-order valence-corrected chi connectivity index (χ1v) is 9.74. The van der Waals surface area contributed by atoms with Gasteiger partial charge in [0, 0.05) is 6.04 Å². The van der Waals surface area contributed by atoms with E-state index in [2.05, 4.69) is 10.4 Å². The van der Waals surface area contributed by atoms with Crippen molar-refractivity contribution in [3.63, 3.8) is 0 Å². The van der Waals surface area contributed by atoms with Gasteiger partial charge < -0.3 is 11.1 Å². The summed E-state index contributed by atoms with van der Waals surface area (Å²) in [7, 11) is 0. The number of nitrogens with one attached hydrogen (secondary N) is 1. The summed E-state index contributed by atoms with van der Waals surface area (Å²) in [5.74, 6) is 0.615. The van der Waals surface area contributed by atoms with Crippen LogP contribution in [0.3, 0.4) is 0 Å². The minimum absolute atomic E-state index is 0.231. The molecule has 1 aliphatic carbocycles. The van der Waals surface area contributed by atoms with Crippen molar-refractivity contribution in [2.75, 3.05) is 11.1 Å². The van der Waals surface area contributed by atoms with Gasteiger partial charge >= 0.3 is 5.69 Å². The molecule has 0 spiro atoms. The molecular formula is C21H22N6O. The largest absolute Gasteiger partial charge is 0.397 e. The Kier molecular flexibility index (Phi) is 4.00. The summed E-state index contributed by atoms with van der Waals surface area (Å²) in [5, 5.41) is 8.16. The molecule has 1 fully saturated rings. The summed E-state index contributed by atoms with van der Waals surface area (Å²) >= 11 is 0. The van der Waals surface area contributed by atoms with Crippen LogP contribution in [0, 0.1) is 0 Å². The van der Waals surface area contributed by atoms with Crippen molar-refractivity contribution >= 4 is 28.2 Å². The van der Waals surface area contributed by atoms with Crippen molar-refractivity contribution in [2.45, 2.75) is 38.1 Å². The number of fused-ring (bicyclic) bond motifs is 3. The average molecular weight is 374 g/mol. The van der Waals surface area contributed by atoms with Gasteiger partial charge in [-0.3, -0.25) is 0 Å². The summed E-state index contributed by atoms with van der Waals surface area (Å²) in [4.78, 5) is 18.0. The van der Waals surface area contributed by atoms with Crippen LogP contribution in [-0.4, -0.2) is 25.2 Å². The molecule has 7 heteroatoms. The highest BCUT2D eigenvalue weighted by molar-refractivity contribution is 5.91. The number of aromatic nitrogens is 4. The second-order valence-electron chi connectivity index (χ2n) is 7.34. The number of nitrogen functional groups attached to an aromatic ring is 1. The van der Waals surface area contributed by atoms with Gasteiger partial charge in [-0.1, -0.05) is 43.5 Å². The molecule has 1 saturated carbocycles. The van der Waals surface area contributed by atoms with Crippen LogP contribution >= 0.6 is 0 Å². The molecule has 1 aliphatic rings. The molecule has 3 N–H and O–H groups in total. The Labute approximate surface area is 161 Å². The first kappa shape index (κ1) is 16.8. The van der Waals surface area contributed by atoms with Gasteiger partial charge in [-0.2, -0.15) is 4.68 Å². The molecule has 28 heavy (non-hydrogen) atoms. The quantitative estimate of drug-likeness (QED) is 0.537. The molecule has 0 unspecified atom stereocenters. The fraction of sp³-hybridized carbons (Fsp3) is 0.286. The van der Waals surface area contributed by atoms with Gasteiger partial charge in [0.1, 0.15) is 5.52 Å². The Hall–Kier alpha value is -3.35. The Bertz CT molecular complexity index is 1200. The van der Waals surface area contributed by atoms with E-state index in [4.69, 9.17) is 10.7 Å². The van der Waals surface area contributed by atoms with Crippen molar-refractivity contribution in [1.82, 2.24) is 19.2 Å². The molecule has 7 nitrogen and oxygen atoms in total. The topological polar surface area (TPSA) is 90.2 Å². The van der Waals surface area contributed by atoms with E-state index in [9.17, 15) is 4.79 Å². The maximum Gasteiger partial charge on any atom is 0.355 e. The van der Waals surface area contributed by atoms with Crippen molar-refractivity contribution in [2.24, 2.45) is 0 Å². The highest BCUT2D eigenvalue weighted by atomic mass is 16.2. The predicted molar refractivity (Wildman–Crippen MR) is 111 cm³/mol. The van der Waals surface area contributed by atoms with E-state index >= 15 is 0 Å². The van der Waals surface area contributed by atoms with Gasteiger partial charge in [0.2, 0.25) is 5.65 Å². The number of para-hydroxylation sites is 2. The zero-order valence-corrected chi connectivity index (χ0v) is 15.5. The van der Waals surface area contributed by atoms with Crippen molar-refractivity contribution in [3.05, 3.63) is 59.0 Å². The van der Waals surface area contributed by atoms with Gasteiger partial charge in [0.15, 0.2) is 5.82 Å². The van der Waals surface area contributed by atoms with Crippen molar-refractivity contribution in [3.8, 4) is 5.69 Å². The molecule has 0 saturated heterocycles. The van der Waals surface area contributed by atoms with Crippen LogP contribution in [0.1, 0.15) is 32.1 Å². The molecule has 0 bridgehead atoms. The first-order valence-electron chi connectivity index (χ1n) is 9.74. The molecule has 0 aliphatic heterocycles. The van der Waals surface area contributed by atoms with Crippen LogP contribution in [0.25, 0.3) is 22.4 Å². The van der Waals surface area contributed by atoms with Crippen LogP contribution in [0.4, 0.5) is 11.5 Å². The Balaban J connectivity index is 1.77. The maximum atomic E-state index is 13.3. The number of benzene rings is 2. The highest BCUT2D eigenvalue weighted by Gasteiger charge is 2.21. The lowest BCUT2D eigenvalue weighted by Gasteiger charge is -2.23. The second kappa shape index (κ2) is 6.67. The van der Waals surface area contributed by atoms with E-state index < -0.39 is 0 Å². The summed E-state index contributed by atoms with van der Waals surface area (Å²) < 4.78 is 3.03. The lowest BCUT2D eigenvalue weighted by molar-refractivity contribution is 0.462. The van der Waals surface area contributed by atoms with Gasteiger partial charge in [0.05, 0.1) is 16.9 Å². The molecule has 142 valence electrons. The monoisotopic (exact) mass is 374 g/mol. The zero-order valence-electron chi connectivity index (χ0n) is 15.5.